The summed E-state index contributed by atoms with van der Waals surface area (Å²) in [7, 11) is 0. The van der Waals surface area contributed by atoms with Crippen LogP contribution in [0.1, 0.15) is 63.6 Å². The molecule has 0 unspecified atom stereocenters. The minimum Gasteiger partial charge on any atom is -0.375 e. The minimum atomic E-state index is 0.222. The Labute approximate surface area is 164 Å². The zero-order chi connectivity index (χ0) is 19.1. The monoisotopic (exact) mass is 378 g/mol. The van der Waals surface area contributed by atoms with Crippen molar-refractivity contribution in [1.29, 1.82) is 5.26 Å². The van der Waals surface area contributed by atoms with Gasteiger partial charge in [-0.15, -0.1) is 10.2 Å². The summed E-state index contributed by atoms with van der Waals surface area (Å²) in [6.07, 6.45) is 11.4. The van der Waals surface area contributed by atoms with Crippen LogP contribution >= 0.6 is 0 Å². The van der Waals surface area contributed by atoms with Crippen LogP contribution in [-0.2, 0) is 4.74 Å². The first-order chi connectivity index (χ1) is 13.8. The zero-order valence-corrected chi connectivity index (χ0v) is 16.2. The predicted molar refractivity (Wildman–Crippen MR) is 105 cm³/mol. The van der Waals surface area contributed by atoms with E-state index in [1.54, 1.807) is 6.20 Å². The van der Waals surface area contributed by atoms with E-state index in [1.165, 1.54) is 0 Å². The molecule has 3 aromatic heterocycles. The van der Waals surface area contributed by atoms with Gasteiger partial charge in [-0.3, -0.25) is 4.40 Å². The van der Waals surface area contributed by atoms with E-state index in [-0.39, 0.29) is 12.0 Å². The molecule has 0 aromatic carbocycles. The van der Waals surface area contributed by atoms with E-state index in [2.05, 4.69) is 37.6 Å². The van der Waals surface area contributed by atoms with Crippen molar-refractivity contribution in [1.82, 2.24) is 24.6 Å². The van der Waals surface area contributed by atoms with Crippen LogP contribution in [-0.4, -0.2) is 36.8 Å². The van der Waals surface area contributed by atoms with Gasteiger partial charge in [-0.1, -0.05) is 13.3 Å². The summed E-state index contributed by atoms with van der Waals surface area (Å²) in [6.45, 7) is 2.26. The Bertz CT molecular complexity index is 1010. The molecule has 28 heavy (non-hydrogen) atoms. The molecule has 0 aliphatic heterocycles. The van der Waals surface area contributed by atoms with Gasteiger partial charge in [0.15, 0.2) is 11.3 Å². The van der Waals surface area contributed by atoms with Crippen molar-refractivity contribution < 1.29 is 4.74 Å². The van der Waals surface area contributed by atoms with E-state index in [9.17, 15) is 0 Å². The second-order valence-electron chi connectivity index (χ2n) is 8.33. The average Bonchev–Trinajstić information content (AvgIpc) is 3.45. The molecular weight excluding hydrogens is 352 g/mol. The first kappa shape index (κ1) is 17.6. The van der Waals surface area contributed by atoms with Crippen LogP contribution in [0.25, 0.3) is 16.8 Å². The van der Waals surface area contributed by atoms with Gasteiger partial charge in [-0.25, -0.2) is 4.98 Å². The summed E-state index contributed by atoms with van der Waals surface area (Å²) < 4.78 is 8.66. The first-order valence-electron chi connectivity index (χ1n) is 10.5. The summed E-state index contributed by atoms with van der Waals surface area (Å²) in [5.74, 6) is 2.16. The minimum absolute atomic E-state index is 0.222. The number of ether oxygens (including phenoxy) is 1. The third kappa shape index (κ3) is 2.96. The van der Waals surface area contributed by atoms with Crippen LogP contribution in [0.3, 0.4) is 0 Å². The Hall–Kier alpha value is -2.46. The lowest BCUT2D eigenvalue weighted by Gasteiger charge is -2.27. The molecule has 146 valence electrons. The fourth-order valence-electron chi connectivity index (χ4n) is 5.19. The maximum absolute atomic E-state index is 9.10. The lowest BCUT2D eigenvalue weighted by Crippen LogP contribution is -2.25. The topological polar surface area (TPSA) is 91.9 Å². The lowest BCUT2D eigenvalue weighted by atomic mass is 9.88. The molecule has 7 heteroatoms. The third-order valence-electron chi connectivity index (χ3n) is 6.72. The summed E-state index contributed by atoms with van der Waals surface area (Å²) in [5, 5.41) is 18.1. The van der Waals surface area contributed by atoms with Crippen LogP contribution in [0.2, 0.25) is 0 Å². The van der Waals surface area contributed by atoms with Crippen molar-refractivity contribution in [3.05, 3.63) is 24.3 Å². The lowest BCUT2D eigenvalue weighted by molar-refractivity contribution is -0.0318. The van der Waals surface area contributed by atoms with E-state index < -0.39 is 0 Å². The maximum Gasteiger partial charge on any atom is 0.179 e. The third-order valence-corrected chi connectivity index (χ3v) is 6.72. The standard InChI is InChI=1S/C21H26N6O/c1-2-14-9-16(28-15-5-3-13(11-22)4-6-15)10-17(14)21-26-25-19-12-24-20-18(27(19)21)7-8-23-20/h7-8,12-17,23H,2-6,9-10H2,1H3/t13?,14-,15?,16-,17+/m1/s1. The van der Waals surface area contributed by atoms with Gasteiger partial charge < -0.3 is 9.72 Å². The smallest absolute Gasteiger partial charge is 0.179 e. The van der Waals surface area contributed by atoms with Crippen molar-refractivity contribution in [2.45, 2.75) is 70.0 Å². The number of nitrogens with one attached hydrogen (secondary N) is 1. The summed E-state index contributed by atoms with van der Waals surface area (Å²) >= 11 is 0. The van der Waals surface area contributed by atoms with E-state index in [0.717, 1.165) is 67.6 Å². The van der Waals surface area contributed by atoms with Gasteiger partial charge in [0, 0.05) is 18.0 Å². The number of nitriles is 1. The molecule has 5 rings (SSSR count). The number of rotatable bonds is 4. The van der Waals surface area contributed by atoms with E-state index in [1.807, 2.05) is 12.3 Å². The van der Waals surface area contributed by atoms with E-state index in [4.69, 9.17) is 10.00 Å². The molecule has 2 saturated carbocycles. The van der Waals surface area contributed by atoms with Crippen molar-refractivity contribution in [3.63, 3.8) is 0 Å². The average molecular weight is 378 g/mol. The van der Waals surface area contributed by atoms with Gasteiger partial charge in [0.2, 0.25) is 0 Å². The number of fused-ring (bicyclic) bond motifs is 3. The van der Waals surface area contributed by atoms with Gasteiger partial charge in [-0.05, 0) is 50.5 Å². The summed E-state index contributed by atoms with van der Waals surface area (Å²) in [5.41, 5.74) is 2.70. The molecule has 2 aliphatic carbocycles. The highest BCUT2D eigenvalue weighted by Crippen LogP contribution is 2.43. The Morgan fingerprint density at radius 3 is 2.86 bits per heavy atom. The largest absolute Gasteiger partial charge is 0.375 e. The molecule has 0 saturated heterocycles. The fourth-order valence-corrected chi connectivity index (χ4v) is 5.19. The molecular formula is C21H26N6O. The highest BCUT2D eigenvalue weighted by molar-refractivity contribution is 5.74. The normalized spacial score (nSPS) is 30.8. The maximum atomic E-state index is 9.10. The second-order valence-corrected chi connectivity index (χ2v) is 8.33. The quantitative estimate of drug-likeness (QED) is 0.741. The zero-order valence-electron chi connectivity index (χ0n) is 16.2. The van der Waals surface area contributed by atoms with Crippen LogP contribution in [0, 0.1) is 23.2 Å². The van der Waals surface area contributed by atoms with Crippen molar-refractivity contribution in [2.75, 3.05) is 0 Å². The molecule has 1 N–H and O–H groups in total. The molecule has 7 nitrogen and oxygen atoms in total. The highest BCUT2D eigenvalue weighted by Gasteiger charge is 2.39. The Kier molecular flexibility index (Phi) is 4.52. The number of H-pyrrole nitrogens is 1. The van der Waals surface area contributed by atoms with Crippen molar-refractivity contribution in [3.8, 4) is 6.07 Å². The fraction of sp³-hybridized carbons (Fsp3) is 0.619. The first-order valence-corrected chi connectivity index (χ1v) is 10.5. The van der Waals surface area contributed by atoms with Gasteiger partial charge in [-0.2, -0.15) is 5.26 Å². The second kappa shape index (κ2) is 7.17. The molecule has 0 bridgehead atoms. The van der Waals surface area contributed by atoms with Crippen LogP contribution < -0.4 is 0 Å². The summed E-state index contributed by atoms with van der Waals surface area (Å²) in [6, 6.07) is 4.45. The Balaban J connectivity index is 1.38. The van der Waals surface area contributed by atoms with Crippen molar-refractivity contribution in [2.24, 2.45) is 11.8 Å². The molecule has 2 fully saturated rings. The van der Waals surface area contributed by atoms with Crippen molar-refractivity contribution >= 4 is 16.8 Å². The summed E-state index contributed by atoms with van der Waals surface area (Å²) in [4.78, 5) is 7.61. The van der Waals surface area contributed by atoms with Gasteiger partial charge in [0.1, 0.15) is 5.82 Å². The molecule has 3 heterocycles. The van der Waals surface area contributed by atoms with Gasteiger partial charge in [0.25, 0.3) is 0 Å². The Morgan fingerprint density at radius 1 is 1.21 bits per heavy atom. The highest BCUT2D eigenvalue weighted by atomic mass is 16.5. The molecule has 2 aliphatic rings. The number of aromatic nitrogens is 5. The van der Waals surface area contributed by atoms with Gasteiger partial charge >= 0.3 is 0 Å². The predicted octanol–water partition coefficient (Wildman–Crippen LogP) is 3.98. The van der Waals surface area contributed by atoms with E-state index in [0.29, 0.717) is 17.9 Å². The molecule has 0 radical (unpaired) electrons. The molecule has 0 amide bonds. The van der Waals surface area contributed by atoms with Gasteiger partial charge in [0.05, 0.1) is 30.0 Å². The van der Waals surface area contributed by atoms with Crippen LogP contribution in [0.15, 0.2) is 18.5 Å². The number of hydrogen-bond acceptors (Lipinski definition) is 5. The van der Waals surface area contributed by atoms with Crippen LogP contribution in [0.5, 0.6) is 0 Å². The number of aromatic amines is 1. The number of nitrogens with zero attached hydrogens (tertiary/aromatic N) is 5. The number of hydrogen-bond donors (Lipinski definition) is 1. The van der Waals surface area contributed by atoms with E-state index >= 15 is 0 Å². The SMILES string of the molecule is CC[C@@H]1C[C@@H](OC2CCC(C#N)CC2)C[C@@H]1c1nnc2cnc3[nH]ccc3n12. The molecule has 0 spiro atoms. The molecule has 3 atom stereocenters. The van der Waals surface area contributed by atoms with Crippen LogP contribution in [0.4, 0.5) is 0 Å². The Morgan fingerprint density at radius 2 is 2.07 bits per heavy atom. The molecule has 3 aromatic rings.